The average molecular weight is 231 g/mol. The molecule has 0 aliphatic carbocycles. The van der Waals surface area contributed by atoms with Crippen LogP contribution in [0.2, 0.25) is 0 Å². The van der Waals surface area contributed by atoms with E-state index in [1.807, 2.05) is 0 Å². The molecule has 0 unspecified atom stereocenters. The van der Waals surface area contributed by atoms with Crippen molar-refractivity contribution in [3.8, 4) is 0 Å². The van der Waals surface area contributed by atoms with Gasteiger partial charge in [0.15, 0.2) is 0 Å². The van der Waals surface area contributed by atoms with Gasteiger partial charge in [0, 0.05) is 7.05 Å². The van der Waals surface area contributed by atoms with Crippen LogP contribution in [0.25, 0.3) is 0 Å². The molecule has 0 aromatic carbocycles. The van der Waals surface area contributed by atoms with Gasteiger partial charge in [-0.3, -0.25) is 4.79 Å². The Balaban J connectivity index is 3.54. The van der Waals surface area contributed by atoms with Crippen molar-refractivity contribution in [3.05, 3.63) is 0 Å². The number of esters is 1. The third-order valence-electron chi connectivity index (χ3n) is 2.11. The number of carbonyl (C=O) groups excluding carboxylic acids is 2. The molecule has 16 heavy (non-hydrogen) atoms. The minimum absolute atomic E-state index is 0.0690. The van der Waals surface area contributed by atoms with E-state index in [4.69, 9.17) is 4.74 Å². The van der Waals surface area contributed by atoms with Gasteiger partial charge in [0.25, 0.3) is 0 Å². The molecule has 0 radical (unpaired) electrons. The molecule has 94 valence electrons. The van der Waals surface area contributed by atoms with Gasteiger partial charge in [0.05, 0.1) is 13.7 Å². The van der Waals surface area contributed by atoms with Crippen LogP contribution in [0.1, 0.15) is 32.6 Å². The van der Waals surface area contributed by atoms with E-state index in [1.165, 1.54) is 19.1 Å². The van der Waals surface area contributed by atoms with Crippen LogP contribution in [0, 0.1) is 0 Å². The van der Waals surface area contributed by atoms with E-state index in [0.717, 1.165) is 25.7 Å². The van der Waals surface area contributed by atoms with Crippen LogP contribution in [0.5, 0.6) is 0 Å². The van der Waals surface area contributed by atoms with Gasteiger partial charge in [0.1, 0.15) is 6.54 Å². The highest BCUT2D eigenvalue weighted by molar-refractivity contribution is 5.77. The van der Waals surface area contributed by atoms with Crippen molar-refractivity contribution in [1.82, 2.24) is 4.90 Å². The maximum Gasteiger partial charge on any atom is 0.409 e. The molecule has 0 saturated carbocycles. The molecule has 0 fully saturated rings. The Morgan fingerprint density at radius 1 is 1.19 bits per heavy atom. The first-order chi connectivity index (χ1) is 7.61. The molecule has 0 heterocycles. The van der Waals surface area contributed by atoms with Gasteiger partial charge in [-0.1, -0.05) is 26.2 Å². The number of hydrogen-bond acceptors (Lipinski definition) is 4. The number of hydrogen-bond donors (Lipinski definition) is 0. The third-order valence-corrected chi connectivity index (χ3v) is 2.11. The number of ether oxygens (including phenoxy) is 2. The summed E-state index contributed by atoms with van der Waals surface area (Å²) in [5, 5.41) is 0. The molecule has 0 rings (SSSR count). The van der Waals surface area contributed by atoms with Crippen molar-refractivity contribution >= 4 is 12.1 Å². The van der Waals surface area contributed by atoms with E-state index in [2.05, 4.69) is 11.7 Å². The van der Waals surface area contributed by atoms with Gasteiger partial charge in [-0.2, -0.15) is 0 Å². The molecule has 0 spiro atoms. The fourth-order valence-corrected chi connectivity index (χ4v) is 1.17. The number of amides is 1. The molecule has 0 aliphatic rings. The molecule has 0 atom stereocenters. The molecule has 1 amide bonds. The fraction of sp³-hybridized carbons (Fsp3) is 0.818. The highest BCUT2D eigenvalue weighted by Crippen LogP contribution is 1.99. The summed E-state index contributed by atoms with van der Waals surface area (Å²) in [6.45, 7) is 2.48. The van der Waals surface area contributed by atoms with Crippen LogP contribution in [0.15, 0.2) is 0 Å². The SMILES string of the molecule is CCCCCCOC(=O)CN(C)C(=O)OC. The van der Waals surface area contributed by atoms with Crippen molar-refractivity contribution in [2.45, 2.75) is 32.6 Å². The van der Waals surface area contributed by atoms with Gasteiger partial charge in [-0.15, -0.1) is 0 Å². The molecule has 0 bridgehead atoms. The van der Waals surface area contributed by atoms with E-state index < -0.39 is 12.1 Å². The zero-order valence-corrected chi connectivity index (χ0v) is 10.3. The fourth-order valence-electron chi connectivity index (χ4n) is 1.17. The minimum atomic E-state index is -0.539. The predicted molar refractivity (Wildman–Crippen MR) is 60.1 cm³/mol. The standard InChI is InChI=1S/C11H21NO4/c1-4-5-6-7-8-16-10(13)9-12(2)11(14)15-3/h4-9H2,1-3H3. The zero-order chi connectivity index (χ0) is 12.4. The Kier molecular flexibility index (Phi) is 8.29. The third kappa shape index (κ3) is 7.09. The van der Waals surface area contributed by atoms with Gasteiger partial charge < -0.3 is 14.4 Å². The second-order valence-electron chi connectivity index (χ2n) is 3.61. The van der Waals surface area contributed by atoms with Gasteiger partial charge in [0.2, 0.25) is 0 Å². The lowest BCUT2D eigenvalue weighted by Gasteiger charge is -2.14. The van der Waals surface area contributed by atoms with Crippen LogP contribution < -0.4 is 0 Å². The summed E-state index contributed by atoms with van der Waals surface area (Å²) in [4.78, 5) is 23.4. The van der Waals surface area contributed by atoms with E-state index in [9.17, 15) is 9.59 Å². The lowest BCUT2D eigenvalue weighted by atomic mass is 10.2. The summed E-state index contributed by atoms with van der Waals surface area (Å²) in [5.74, 6) is -0.399. The number of methoxy groups -OCH3 is 1. The summed E-state index contributed by atoms with van der Waals surface area (Å²) >= 11 is 0. The highest BCUT2D eigenvalue weighted by Gasteiger charge is 2.13. The van der Waals surface area contributed by atoms with Crippen LogP contribution >= 0.6 is 0 Å². The Morgan fingerprint density at radius 3 is 2.44 bits per heavy atom. The van der Waals surface area contributed by atoms with Crippen molar-refractivity contribution in [2.75, 3.05) is 27.3 Å². The Labute approximate surface area is 96.7 Å². The predicted octanol–water partition coefficient (Wildman–Crippen LogP) is 1.81. The van der Waals surface area contributed by atoms with Gasteiger partial charge in [-0.05, 0) is 6.42 Å². The summed E-state index contributed by atoms with van der Waals surface area (Å²) in [6.07, 6.45) is 3.71. The largest absolute Gasteiger partial charge is 0.464 e. The van der Waals surface area contributed by atoms with Crippen LogP contribution in [0.3, 0.4) is 0 Å². The lowest BCUT2D eigenvalue weighted by molar-refractivity contribution is -0.144. The Morgan fingerprint density at radius 2 is 1.88 bits per heavy atom. The molecule has 5 nitrogen and oxygen atoms in total. The summed E-state index contributed by atoms with van der Waals surface area (Å²) < 4.78 is 9.42. The monoisotopic (exact) mass is 231 g/mol. The first-order valence-electron chi connectivity index (χ1n) is 5.56. The normalized spacial score (nSPS) is 9.69. The van der Waals surface area contributed by atoms with Gasteiger partial charge >= 0.3 is 12.1 Å². The molecule has 0 N–H and O–H groups in total. The van der Waals surface area contributed by atoms with E-state index >= 15 is 0 Å². The first kappa shape index (κ1) is 14.7. The van der Waals surface area contributed by atoms with Crippen molar-refractivity contribution in [1.29, 1.82) is 0 Å². The topological polar surface area (TPSA) is 55.8 Å². The van der Waals surface area contributed by atoms with E-state index in [1.54, 1.807) is 0 Å². The number of rotatable bonds is 7. The molecule has 5 heteroatoms. The minimum Gasteiger partial charge on any atom is -0.464 e. The van der Waals surface area contributed by atoms with Crippen LogP contribution in [-0.4, -0.2) is 44.3 Å². The van der Waals surface area contributed by atoms with Crippen molar-refractivity contribution in [2.24, 2.45) is 0 Å². The molecular formula is C11H21NO4. The first-order valence-corrected chi connectivity index (χ1v) is 5.56. The number of nitrogens with zero attached hydrogens (tertiary/aromatic N) is 1. The van der Waals surface area contributed by atoms with Gasteiger partial charge in [-0.25, -0.2) is 4.79 Å². The highest BCUT2D eigenvalue weighted by atomic mass is 16.5. The molecular weight excluding hydrogens is 210 g/mol. The molecule has 0 saturated heterocycles. The number of carbonyl (C=O) groups is 2. The van der Waals surface area contributed by atoms with Crippen LogP contribution in [-0.2, 0) is 14.3 Å². The summed E-state index contributed by atoms with van der Waals surface area (Å²) in [5.41, 5.74) is 0. The molecule has 0 aromatic heterocycles. The zero-order valence-electron chi connectivity index (χ0n) is 10.3. The van der Waals surface area contributed by atoms with E-state index in [-0.39, 0.29) is 6.54 Å². The van der Waals surface area contributed by atoms with Crippen LogP contribution in [0.4, 0.5) is 4.79 Å². The lowest BCUT2D eigenvalue weighted by Crippen LogP contribution is -2.32. The smallest absolute Gasteiger partial charge is 0.409 e. The summed E-state index contributed by atoms with van der Waals surface area (Å²) in [6, 6.07) is 0. The second kappa shape index (κ2) is 9.00. The molecule has 0 aromatic rings. The van der Waals surface area contributed by atoms with E-state index in [0.29, 0.717) is 6.61 Å². The number of unbranched alkanes of at least 4 members (excludes halogenated alkanes) is 3. The van der Waals surface area contributed by atoms with Crippen molar-refractivity contribution in [3.63, 3.8) is 0 Å². The Hall–Kier alpha value is -1.26. The molecule has 0 aliphatic heterocycles. The second-order valence-corrected chi connectivity index (χ2v) is 3.61. The quantitative estimate of drug-likeness (QED) is 0.495. The maximum absolute atomic E-state index is 11.2. The Bertz CT molecular complexity index is 218. The average Bonchev–Trinajstić information content (AvgIpc) is 2.27. The van der Waals surface area contributed by atoms with Crippen molar-refractivity contribution < 1.29 is 19.1 Å². The summed E-state index contributed by atoms with van der Waals surface area (Å²) in [7, 11) is 2.76. The number of likely N-dealkylation sites (N-methyl/N-ethyl adjacent to an activating group) is 1. The maximum atomic E-state index is 11.2.